The molecule has 1 fully saturated rings. The molecule has 0 aromatic heterocycles. The van der Waals surface area contributed by atoms with Crippen molar-refractivity contribution >= 4 is 5.91 Å². The van der Waals surface area contributed by atoms with Crippen LogP contribution in [0.2, 0.25) is 0 Å². The summed E-state index contributed by atoms with van der Waals surface area (Å²) in [7, 11) is 0. The minimum absolute atomic E-state index is 0.473. The van der Waals surface area contributed by atoms with E-state index >= 15 is 0 Å². The van der Waals surface area contributed by atoms with Gasteiger partial charge < -0.3 is 5.32 Å². The molecule has 2 atom stereocenters. The molecular formula is C6H5F3N2O. The standard InChI is InChI=1S/C6H5F3N2O/c7-6(8,9)4-1-3(2-10)5(12)11-4/h3-4H,1H2,(H,11,12). The fourth-order valence-electron chi connectivity index (χ4n) is 1.00. The van der Waals surface area contributed by atoms with Gasteiger partial charge in [0, 0.05) is 6.42 Å². The zero-order valence-electron chi connectivity index (χ0n) is 5.85. The van der Waals surface area contributed by atoms with E-state index in [2.05, 4.69) is 0 Å². The molecule has 1 aliphatic heterocycles. The number of alkyl halides is 3. The predicted octanol–water partition coefficient (Wildman–Crippen LogP) is 0.577. The summed E-state index contributed by atoms with van der Waals surface area (Å²) in [4.78, 5) is 10.6. The lowest BCUT2D eigenvalue weighted by Gasteiger charge is -2.12. The second kappa shape index (κ2) is 2.66. The van der Waals surface area contributed by atoms with Gasteiger partial charge in [0.15, 0.2) is 0 Å². The summed E-state index contributed by atoms with van der Waals surface area (Å²) in [6.45, 7) is 0. The third-order valence-corrected chi connectivity index (χ3v) is 1.66. The van der Waals surface area contributed by atoms with Crippen molar-refractivity contribution in [3.05, 3.63) is 0 Å². The van der Waals surface area contributed by atoms with Gasteiger partial charge in [0.25, 0.3) is 0 Å². The van der Waals surface area contributed by atoms with E-state index in [1.54, 1.807) is 5.32 Å². The Kier molecular flexibility index (Phi) is 1.96. The summed E-state index contributed by atoms with van der Waals surface area (Å²) in [6.07, 6.45) is -4.92. The molecule has 1 N–H and O–H groups in total. The van der Waals surface area contributed by atoms with E-state index in [-0.39, 0.29) is 0 Å². The monoisotopic (exact) mass is 178 g/mol. The van der Waals surface area contributed by atoms with Crippen molar-refractivity contribution in [1.82, 2.24) is 5.32 Å². The van der Waals surface area contributed by atoms with Crippen molar-refractivity contribution < 1.29 is 18.0 Å². The second-order valence-electron chi connectivity index (χ2n) is 2.52. The number of nitrogens with one attached hydrogen (secondary N) is 1. The van der Waals surface area contributed by atoms with Gasteiger partial charge in [-0.15, -0.1) is 0 Å². The number of rotatable bonds is 0. The number of carbonyl (C=O) groups excluding carboxylic acids is 1. The molecule has 0 aromatic rings. The number of amides is 1. The van der Waals surface area contributed by atoms with Gasteiger partial charge in [-0.25, -0.2) is 0 Å². The van der Waals surface area contributed by atoms with Gasteiger partial charge in [0.1, 0.15) is 12.0 Å². The van der Waals surface area contributed by atoms with Crippen LogP contribution in [0.5, 0.6) is 0 Å². The summed E-state index contributed by atoms with van der Waals surface area (Å²) >= 11 is 0. The van der Waals surface area contributed by atoms with Gasteiger partial charge in [-0.1, -0.05) is 0 Å². The van der Waals surface area contributed by atoms with Crippen molar-refractivity contribution in [2.75, 3.05) is 0 Å². The molecule has 1 heterocycles. The number of carbonyl (C=O) groups is 1. The van der Waals surface area contributed by atoms with Gasteiger partial charge in [-0.2, -0.15) is 18.4 Å². The van der Waals surface area contributed by atoms with Gasteiger partial charge in [-0.05, 0) is 0 Å². The molecule has 0 saturated carbocycles. The van der Waals surface area contributed by atoms with Crippen LogP contribution in [0.4, 0.5) is 13.2 Å². The molecule has 12 heavy (non-hydrogen) atoms. The topological polar surface area (TPSA) is 52.9 Å². The molecule has 2 unspecified atom stereocenters. The molecule has 66 valence electrons. The Labute approximate surface area is 66.2 Å². The second-order valence-corrected chi connectivity index (χ2v) is 2.52. The van der Waals surface area contributed by atoms with E-state index in [4.69, 9.17) is 5.26 Å². The normalized spacial score (nSPS) is 29.7. The van der Waals surface area contributed by atoms with Crippen LogP contribution in [0.3, 0.4) is 0 Å². The molecule has 1 aliphatic rings. The molecule has 0 bridgehead atoms. The first-order valence-corrected chi connectivity index (χ1v) is 3.22. The third-order valence-electron chi connectivity index (χ3n) is 1.66. The third kappa shape index (κ3) is 1.49. The van der Waals surface area contributed by atoms with Crippen LogP contribution >= 0.6 is 0 Å². The lowest BCUT2D eigenvalue weighted by atomic mass is 10.1. The molecule has 3 nitrogen and oxygen atoms in total. The van der Waals surface area contributed by atoms with Crippen LogP contribution in [0.15, 0.2) is 0 Å². The van der Waals surface area contributed by atoms with Crippen LogP contribution in [-0.2, 0) is 4.79 Å². The number of nitriles is 1. The van der Waals surface area contributed by atoms with Crippen molar-refractivity contribution in [3.8, 4) is 6.07 Å². The molecule has 6 heteroatoms. The Hall–Kier alpha value is -1.25. The van der Waals surface area contributed by atoms with Crippen molar-refractivity contribution in [3.63, 3.8) is 0 Å². The van der Waals surface area contributed by atoms with Gasteiger partial charge >= 0.3 is 6.18 Å². The highest BCUT2D eigenvalue weighted by Gasteiger charge is 2.47. The van der Waals surface area contributed by atoms with Crippen LogP contribution < -0.4 is 5.32 Å². The van der Waals surface area contributed by atoms with Crippen molar-refractivity contribution in [1.29, 1.82) is 5.26 Å². The summed E-state index contributed by atoms with van der Waals surface area (Å²) in [5.74, 6) is -1.99. The molecule has 0 radical (unpaired) electrons. The summed E-state index contributed by atoms with van der Waals surface area (Å²) < 4.78 is 35.8. The molecule has 1 rings (SSSR count). The Bertz CT molecular complexity index is 242. The SMILES string of the molecule is N#CC1CC(C(F)(F)F)NC1=O. The van der Waals surface area contributed by atoms with E-state index in [0.717, 1.165) is 0 Å². The van der Waals surface area contributed by atoms with Crippen molar-refractivity contribution in [2.24, 2.45) is 5.92 Å². The first-order valence-electron chi connectivity index (χ1n) is 3.22. The Morgan fingerprint density at radius 1 is 1.58 bits per heavy atom. The molecule has 0 spiro atoms. The Morgan fingerprint density at radius 3 is 2.42 bits per heavy atom. The predicted molar refractivity (Wildman–Crippen MR) is 31.7 cm³/mol. The lowest BCUT2D eigenvalue weighted by molar-refractivity contribution is -0.154. The van der Waals surface area contributed by atoms with E-state index < -0.39 is 30.5 Å². The lowest BCUT2D eigenvalue weighted by Crippen LogP contribution is -2.38. The number of hydrogen-bond acceptors (Lipinski definition) is 2. The van der Waals surface area contributed by atoms with Gasteiger partial charge in [0.05, 0.1) is 6.07 Å². The maximum absolute atomic E-state index is 11.9. The minimum atomic E-state index is -4.44. The largest absolute Gasteiger partial charge is 0.408 e. The maximum atomic E-state index is 11.9. The van der Waals surface area contributed by atoms with Crippen LogP contribution in [0, 0.1) is 17.2 Å². The Morgan fingerprint density at radius 2 is 2.17 bits per heavy atom. The summed E-state index contributed by atoms with van der Waals surface area (Å²) in [5.41, 5.74) is 0. The van der Waals surface area contributed by atoms with Crippen LogP contribution in [0.1, 0.15) is 6.42 Å². The molecular weight excluding hydrogens is 173 g/mol. The highest BCUT2D eigenvalue weighted by Crippen LogP contribution is 2.29. The molecule has 0 aromatic carbocycles. The molecule has 0 aliphatic carbocycles. The van der Waals surface area contributed by atoms with Crippen LogP contribution in [0.25, 0.3) is 0 Å². The van der Waals surface area contributed by atoms with Crippen LogP contribution in [-0.4, -0.2) is 18.1 Å². The van der Waals surface area contributed by atoms with E-state index in [0.29, 0.717) is 0 Å². The van der Waals surface area contributed by atoms with Gasteiger partial charge in [0.2, 0.25) is 5.91 Å². The smallest absolute Gasteiger partial charge is 0.343 e. The highest BCUT2D eigenvalue weighted by molar-refractivity contribution is 5.83. The highest BCUT2D eigenvalue weighted by atomic mass is 19.4. The Balaban J connectivity index is 2.68. The number of nitrogens with zero attached hydrogens (tertiary/aromatic N) is 1. The average molecular weight is 178 g/mol. The van der Waals surface area contributed by atoms with E-state index in [9.17, 15) is 18.0 Å². The quantitative estimate of drug-likeness (QED) is 0.589. The fourth-order valence-corrected chi connectivity index (χ4v) is 1.00. The van der Waals surface area contributed by atoms with E-state index in [1.807, 2.05) is 0 Å². The number of halogens is 3. The zero-order chi connectivity index (χ0) is 9.35. The number of hydrogen-bond donors (Lipinski definition) is 1. The first kappa shape index (κ1) is 8.84. The molecule has 1 amide bonds. The van der Waals surface area contributed by atoms with Gasteiger partial charge in [-0.3, -0.25) is 4.79 Å². The maximum Gasteiger partial charge on any atom is 0.408 e. The zero-order valence-corrected chi connectivity index (χ0v) is 5.85. The summed E-state index contributed by atoms with van der Waals surface area (Å²) in [6, 6.07) is -0.348. The van der Waals surface area contributed by atoms with Crippen molar-refractivity contribution in [2.45, 2.75) is 18.6 Å². The average Bonchev–Trinajstić information content (AvgIpc) is 2.29. The summed E-state index contributed by atoms with van der Waals surface area (Å²) in [5, 5.41) is 9.95. The first-order chi connectivity index (χ1) is 5.45. The fraction of sp³-hybridized carbons (Fsp3) is 0.667. The minimum Gasteiger partial charge on any atom is -0.343 e. The molecule has 1 saturated heterocycles. The van der Waals surface area contributed by atoms with E-state index in [1.165, 1.54) is 6.07 Å².